The Kier molecular flexibility index (Phi) is 4.88. The average Bonchev–Trinajstić information content (AvgIpc) is 2.55. The number of aryl methyl sites for hydroxylation is 2. The molecule has 114 valence electrons. The van der Waals surface area contributed by atoms with Gasteiger partial charge in [-0.2, -0.15) is 0 Å². The molecule has 0 atom stereocenters. The van der Waals surface area contributed by atoms with Crippen molar-refractivity contribution in [2.45, 2.75) is 25.7 Å². The summed E-state index contributed by atoms with van der Waals surface area (Å²) in [4.78, 5) is 14.5. The number of nitrogens with one attached hydrogen (secondary N) is 1. The summed E-state index contributed by atoms with van der Waals surface area (Å²) in [5, 5.41) is 3.03. The van der Waals surface area contributed by atoms with Crippen LogP contribution in [0, 0.1) is 0 Å². The molecule has 1 fully saturated rings. The van der Waals surface area contributed by atoms with Gasteiger partial charge >= 0.3 is 0 Å². The second kappa shape index (κ2) is 7.05. The highest BCUT2D eigenvalue weighted by Crippen LogP contribution is 2.22. The highest BCUT2D eigenvalue weighted by atomic mass is 16.5. The van der Waals surface area contributed by atoms with Gasteiger partial charge in [0.25, 0.3) is 5.91 Å². The summed E-state index contributed by atoms with van der Waals surface area (Å²) in [7, 11) is 0. The maximum Gasteiger partial charge on any atom is 0.251 e. The maximum atomic E-state index is 12.2. The summed E-state index contributed by atoms with van der Waals surface area (Å²) in [6.45, 7) is 5.15. The first kappa shape index (κ1) is 14.5. The fraction of sp³-hybridized carbons (Fsp3) is 0.588. The molecule has 4 nitrogen and oxygen atoms in total. The number of amides is 1. The van der Waals surface area contributed by atoms with Gasteiger partial charge in [-0.25, -0.2) is 0 Å². The third-order valence-corrected chi connectivity index (χ3v) is 4.43. The van der Waals surface area contributed by atoms with E-state index in [2.05, 4.69) is 22.3 Å². The van der Waals surface area contributed by atoms with Gasteiger partial charge in [0.2, 0.25) is 0 Å². The van der Waals surface area contributed by atoms with Gasteiger partial charge in [0, 0.05) is 31.7 Å². The second-order valence-corrected chi connectivity index (χ2v) is 5.90. The quantitative estimate of drug-likeness (QED) is 0.915. The molecule has 3 rings (SSSR count). The Morgan fingerprint density at radius 3 is 2.71 bits per heavy atom. The Morgan fingerprint density at radius 2 is 1.90 bits per heavy atom. The number of hydrogen-bond acceptors (Lipinski definition) is 3. The molecule has 1 aliphatic carbocycles. The fourth-order valence-corrected chi connectivity index (χ4v) is 3.13. The Balaban J connectivity index is 1.50. The van der Waals surface area contributed by atoms with Crippen molar-refractivity contribution in [3.8, 4) is 0 Å². The summed E-state index contributed by atoms with van der Waals surface area (Å²) in [5.74, 6) is 0.0524. The number of rotatable bonds is 4. The predicted octanol–water partition coefficient (Wildman–Crippen LogP) is 1.63. The van der Waals surface area contributed by atoms with Gasteiger partial charge in [-0.1, -0.05) is 6.07 Å². The molecule has 0 unspecified atom stereocenters. The van der Waals surface area contributed by atoms with Crippen molar-refractivity contribution in [1.82, 2.24) is 10.2 Å². The SMILES string of the molecule is O=C(NCCN1CCOCC1)c1ccc2c(c1)CCCC2. The van der Waals surface area contributed by atoms with E-state index in [1.54, 1.807) is 0 Å². The number of fused-ring (bicyclic) bond motifs is 1. The number of carbonyl (C=O) groups is 1. The largest absolute Gasteiger partial charge is 0.379 e. The van der Waals surface area contributed by atoms with Gasteiger partial charge in [-0.15, -0.1) is 0 Å². The number of benzene rings is 1. The zero-order chi connectivity index (χ0) is 14.5. The Labute approximate surface area is 126 Å². The van der Waals surface area contributed by atoms with Crippen molar-refractivity contribution in [3.63, 3.8) is 0 Å². The number of morpholine rings is 1. The number of ether oxygens (including phenoxy) is 1. The Bertz CT molecular complexity index is 496. The van der Waals surface area contributed by atoms with Crippen molar-refractivity contribution in [2.24, 2.45) is 0 Å². The molecule has 0 spiro atoms. The van der Waals surface area contributed by atoms with Crippen LogP contribution in [0.15, 0.2) is 18.2 Å². The van der Waals surface area contributed by atoms with Crippen molar-refractivity contribution in [3.05, 3.63) is 34.9 Å². The van der Waals surface area contributed by atoms with Crippen molar-refractivity contribution in [2.75, 3.05) is 39.4 Å². The highest BCUT2D eigenvalue weighted by Gasteiger charge is 2.13. The number of hydrogen-bond donors (Lipinski definition) is 1. The van der Waals surface area contributed by atoms with E-state index in [4.69, 9.17) is 4.74 Å². The molecule has 0 bridgehead atoms. The molecular weight excluding hydrogens is 264 g/mol. The monoisotopic (exact) mass is 288 g/mol. The van der Waals surface area contributed by atoms with E-state index < -0.39 is 0 Å². The molecule has 2 aliphatic rings. The zero-order valence-corrected chi connectivity index (χ0v) is 12.6. The molecule has 0 saturated carbocycles. The highest BCUT2D eigenvalue weighted by molar-refractivity contribution is 5.94. The molecule has 1 amide bonds. The smallest absolute Gasteiger partial charge is 0.251 e. The lowest BCUT2D eigenvalue weighted by atomic mass is 9.90. The first-order valence-electron chi connectivity index (χ1n) is 8.03. The summed E-state index contributed by atoms with van der Waals surface area (Å²) in [6, 6.07) is 6.18. The van der Waals surface area contributed by atoms with Gasteiger partial charge in [0.1, 0.15) is 0 Å². The van der Waals surface area contributed by atoms with E-state index in [9.17, 15) is 4.79 Å². The lowest BCUT2D eigenvalue weighted by molar-refractivity contribution is 0.0383. The molecule has 1 aromatic carbocycles. The topological polar surface area (TPSA) is 41.6 Å². The minimum absolute atomic E-state index is 0.0524. The van der Waals surface area contributed by atoms with E-state index in [1.165, 1.54) is 24.0 Å². The van der Waals surface area contributed by atoms with Crippen molar-refractivity contribution in [1.29, 1.82) is 0 Å². The second-order valence-electron chi connectivity index (χ2n) is 5.90. The number of nitrogens with zero attached hydrogens (tertiary/aromatic N) is 1. The van der Waals surface area contributed by atoms with Crippen LogP contribution >= 0.6 is 0 Å². The Hall–Kier alpha value is -1.39. The normalized spacial score (nSPS) is 19.0. The fourth-order valence-electron chi connectivity index (χ4n) is 3.13. The van der Waals surface area contributed by atoms with Gasteiger partial charge in [0.15, 0.2) is 0 Å². The third kappa shape index (κ3) is 3.83. The van der Waals surface area contributed by atoms with E-state index in [0.29, 0.717) is 6.54 Å². The molecule has 4 heteroatoms. The molecular formula is C17H24N2O2. The van der Waals surface area contributed by atoms with E-state index in [0.717, 1.165) is 51.3 Å². The molecule has 0 aromatic heterocycles. The summed E-state index contributed by atoms with van der Waals surface area (Å²) in [5.41, 5.74) is 3.59. The summed E-state index contributed by atoms with van der Waals surface area (Å²) in [6.07, 6.45) is 4.80. The van der Waals surface area contributed by atoms with Crippen LogP contribution in [0.4, 0.5) is 0 Å². The van der Waals surface area contributed by atoms with Gasteiger partial charge in [-0.3, -0.25) is 9.69 Å². The maximum absolute atomic E-state index is 12.2. The van der Waals surface area contributed by atoms with Gasteiger partial charge in [0.05, 0.1) is 13.2 Å². The Morgan fingerprint density at radius 1 is 1.14 bits per heavy atom. The first-order chi connectivity index (χ1) is 10.3. The number of carbonyl (C=O) groups excluding carboxylic acids is 1. The third-order valence-electron chi connectivity index (χ3n) is 4.43. The zero-order valence-electron chi connectivity index (χ0n) is 12.6. The van der Waals surface area contributed by atoms with Crippen LogP contribution in [0.2, 0.25) is 0 Å². The minimum atomic E-state index is 0.0524. The van der Waals surface area contributed by atoms with Crippen LogP contribution in [0.3, 0.4) is 0 Å². The van der Waals surface area contributed by atoms with Crippen LogP contribution < -0.4 is 5.32 Å². The van der Waals surface area contributed by atoms with E-state index in [-0.39, 0.29) is 5.91 Å². The van der Waals surface area contributed by atoms with E-state index >= 15 is 0 Å². The molecule has 21 heavy (non-hydrogen) atoms. The standard InChI is InChI=1S/C17H24N2O2/c20-17(18-7-8-19-9-11-21-12-10-19)16-6-5-14-3-1-2-4-15(14)13-16/h5-6,13H,1-4,7-12H2,(H,18,20). The summed E-state index contributed by atoms with van der Waals surface area (Å²) >= 11 is 0. The van der Waals surface area contributed by atoms with Gasteiger partial charge in [-0.05, 0) is 48.9 Å². The van der Waals surface area contributed by atoms with Crippen LogP contribution in [-0.4, -0.2) is 50.2 Å². The van der Waals surface area contributed by atoms with Crippen LogP contribution in [-0.2, 0) is 17.6 Å². The van der Waals surface area contributed by atoms with Crippen LogP contribution in [0.5, 0.6) is 0 Å². The van der Waals surface area contributed by atoms with Crippen molar-refractivity contribution >= 4 is 5.91 Å². The van der Waals surface area contributed by atoms with Crippen molar-refractivity contribution < 1.29 is 9.53 Å². The minimum Gasteiger partial charge on any atom is -0.379 e. The molecule has 1 heterocycles. The predicted molar refractivity (Wildman–Crippen MR) is 82.7 cm³/mol. The molecule has 1 aromatic rings. The lowest BCUT2D eigenvalue weighted by Crippen LogP contribution is -2.41. The molecule has 1 aliphatic heterocycles. The van der Waals surface area contributed by atoms with Crippen LogP contribution in [0.25, 0.3) is 0 Å². The molecule has 1 N–H and O–H groups in total. The van der Waals surface area contributed by atoms with Crippen LogP contribution in [0.1, 0.15) is 34.3 Å². The summed E-state index contributed by atoms with van der Waals surface area (Å²) < 4.78 is 5.32. The average molecular weight is 288 g/mol. The lowest BCUT2D eigenvalue weighted by Gasteiger charge is -2.26. The molecule has 1 saturated heterocycles. The first-order valence-corrected chi connectivity index (χ1v) is 8.03. The molecule has 0 radical (unpaired) electrons. The van der Waals surface area contributed by atoms with E-state index in [1.807, 2.05) is 6.07 Å². The van der Waals surface area contributed by atoms with Gasteiger partial charge < -0.3 is 10.1 Å².